The van der Waals surface area contributed by atoms with Gasteiger partial charge in [-0.15, -0.1) is 0 Å². The van der Waals surface area contributed by atoms with Crippen molar-refractivity contribution in [1.29, 1.82) is 0 Å². The second-order valence-electron chi connectivity index (χ2n) is 6.03. The molecule has 1 amide bonds. The molecular weight excluding hydrogens is 320 g/mol. The van der Waals surface area contributed by atoms with Gasteiger partial charge < -0.3 is 9.84 Å². The molecule has 2 aromatic heterocycles. The molecule has 1 unspecified atom stereocenters. The maximum atomic E-state index is 12.7. The fraction of sp³-hybridized carbons (Fsp3) is 0.294. The van der Waals surface area contributed by atoms with Gasteiger partial charge in [0.2, 0.25) is 0 Å². The lowest BCUT2D eigenvalue weighted by atomic mass is 10.2. The van der Waals surface area contributed by atoms with Crippen LogP contribution < -0.4 is 10.2 Å². The molecule has 1 N–H and O–H groups in total. The van der Waals surface area contributed by atoms with E-state index in [1.807, 2.05) is 50.4 Å². The van der Waals surface area contributed by atoms with Gasteiger partial charge in [0, 0.05) is 25.2 Å². The summed E-state index contributed by atoms with van der Waals surface area (Å²) in [5.41, 5.74) is 1.72. The molecule has 1 fully saturated rings. The molecule has 25 heavy (non-hydrogen) atoms. The Bertz CT molecular complexity index is 901. The van der Waals surface area contributed by atoms with Gasteiger partial charge in [-0.05, 0) is 30.6 Å². The summed E-state index contributed by atoms with van der Waals surface area (Å²) in [7, 11) is 1.84. The Hall–Kier alpha value is -3.16. The maximum Gasteiger partial charge on any atom is 0.264 e. The summed E-state index contributed by atoms with van der Waals surface area (Å²) in [5.74, 6) is 1.52. The highest BCUT2D eigenvalue weighted by molar-refractivity contribution is 6.00. The highest BCUT2D eigenvalue weighted by Crippen LogP contribution is 2.24. The number of carbonyl (C=O) groups excluding carboxylic acids is 1. The molecule has 8 nitrogen and oxygen atoms in total. The Morgan fingerprint density at radius 3 is 2.80 bits per heavy atom. The van der Waals surface area contributed by atoms with Crippen LogP contribution in [0.4, 0.5) is 11.8 Å². The topological polar surface area (TPSA) is 89.1 Å². The van der Waals surface area contributed by atoms with Gasteiger partial charge in [-0.2, -0.15) is 10.1 Å². The quantitative estimate of drug-likeness (QED) is 0.782. The van der Waals surface area contributed by atoms with Crippen molar-refractivity contribution in [2.75, 3.05) is 16.8 Å². The monoisotopic (exact) mass is 338 g/mol. The normalized spacial score (nSPS) is 17.3. The Labute approximate surface area is 144 Å². The summed E-state index contributed by atoms with van der Waals surface area (Å²) in [6.45, 7) is 2.53. The SMILES string of the molecule is Cc1cc(N2CCC(Nc3noc(-c4ccccc4)n3)C2=O)n(C)n1. The second-order valence-corrected chi connectivity index (χ2v) is 6.03. The molecule has 3 heterocycles. The number of amides is 1. The zero-order valence-electron chi connectivity index (χ0n) is 14.0. The zero-order chi connectivity index (χ0) is 17.4. The van der Waals surface area contributed by atoms with Crippen molar-refractivity contribution < 1.29 is 9.32 Å². The van der Waals surface area contributed by atoms with E-state index < -0.39 is 0 Å². The lowest BCUT2D eigenvalue weighted by Gasteiger charge is -2.16. The minimum atomic E-state index is -0.378. The van der Waals surface area contributed by atoms with E-state index in [4.69, 9.17) is 4.52 Å². The van der Waals surface area contributed by atoms with E-state index in [9.17, 15) is 4.79 Å². The van der Waals surface area contributed by atoms with Gasteiger partial charge in [-0.1, -0.05) is 18.2 Å². The van der Waals surface area contributed by atoms with Crippen LogP contribution in [0.5, 0.6) is 0 Å². The summed E-state index contributed by atoms with van der Waals surface area (Å²) in [5, 5.41) is 11.3. The Balaban J connectivity index is 1.48. The summed E-state index contributed by atoms with van der Waals surface area (Å²) >= 11 is 0. The van der Waals surface area contributed by atoms with Crippen LogP contribution in [-0.4, -0.2) is 38.4 Å². The molecule has 0 saturated carbocycles. The van der Waals surface area contributed by atoms with Gasteiger partial charge in [0.25, 0.3) is 17.7 Å². The Morgan fingerprint density at radius 1 is 1.28 bits per heavy atom. The first-order chi connectivity index (χ1) is 12.1. The van der Waals surface area contributed by atoms with E-state index in [0.29, 0.717) is 24.8 Å². The fourth-order valence-corrected chi connectivity index (χ4v) is 3.03. The lowest BCUT2D eigenvalue weighted by Crippen LogP contribution is -2.34. The third kappa shape index (κ3) is 2.86. The molecule has 0 bridgehead atoms. The van der Waals surface area contributed by atoms with Crippen LogP contribution in [0.15, 0.2) is 40.9 Å². The Morgan fingerprint density at radius 2 is 2.08 bits per heavy atom. The zero-order valence-corrected chi connectivity index (χ0v) is 14.0. The van der Waals surface area contributed by atoms with E-state index in [1.165, 1.54) is 0 Å². The smallest absolute Gasteiger partial charge is 0.264 e. The van der Waals surface area contributed by atoms with Gasteiger partial charge in [0.1, 0.15) is 11.9 Å². The van der Waals surface area contributed by atoms with Crippen molar-refractivity contribution in [2.45, 2.75) is 19.4 Å². The van der Waals surface area contributed by atoms with E-state index in [2.05, 4.69) is 20.6 Å². The highest BCUT2D eigenvalue weighted by Gasteiger charge is 2.34. The van der Waals surface area contributed by atoms with Crippen LogP contribution in [0.3, 0.4) is 0 Å². The van der Waals surface area contributed by atoms with Crippen LogP contribution in [-0.2, 0) is 11.8 Å². The standard InChI is InChI=1S/C17H18N6O2/c1-11-10-14(22(2)20-11)23-9-8-13(16(23)24)18-17-19-15(25-21-17)12-6-4-3-5-7-12/h3-7,10,13H,8-9H2,1-2H3,(H,18,21). The molecule has 4 rings (SSSR count). The summed E-state index contributed by atoms with van der Waals surface area (Å²) in [4.78, 5) is 18.7. The first-order valence-electron chi connectivity index (χ1n) is 8.09. The number of aryl methyl sites for hydroxylation is 2. The summed E-state index contributed by atoms with van der Waals surface area (Å²) in [6.07, 6.45) is 0.665. The number of anilines is 2. The number of nitrogens with zero attached hydrogens (tertiary/aromatic N) is 5. The van der Waals surface area contributed by atoms with E-state index in [1.54, 1.807) is 9.58 Å². The van der Waals surface area contributed by atoms with Crippen molar-refractivity contribution in [2.24, 2.45) is 7.05 Å². The molecule has 1 aromatic carbocycles. The first kappa shape index (κ1) is 15.4. The third-order valence-electron chi connectivity index (χ3n) is 4.21. The first-order valence-corrected chi connectivity index (χ1v) is 8.09. The molecule has 1 saturated heterocycles. The molecule has 0 aliphatic carbocycles. The van der Waals surface area contributed by atoms with Crippen LogP contribution in [0.1, 0.15) is 12.1 Å². The molecule has 8 heteroatoms. The minimum Gasteiger partial charge on any atom is -0.340 e. The highest BCUT2D eigenvalue weighted by atomic mass is 16.5. The Kier molecular flexibility index (Phi) is 3.72. The molecule has 0 spiro atoms. The number of hydrogen-bond acceptors (Lipinski definition) is 6. The maximum absolute atomic E-state index is 12.7. The molecule has 128 valence electrons. The van der Waals surface area contributed by atoms with Crippen molar-refractivity contribution >= 4 is 17.7 Å². The van der Waals surface area contributed by atoms with Gasteiger partial charge >= 0.3 is 0 Å². The number of rotatable bonds is 4. The van der Waals surface area contributed by atoms with Crippen molar-refractivity contribution in [1.82, 2.24) is 19.9 Å². The number of aromatic nitrogens is 4. The van der Waals surface area contributed by atoms with Gasteiger partial charge in [0.15, 0.2) is 0 Å². The average Bonchev–Trinajstić information content (AvgIpc) is 3.30. The molecule has 1 atom stereocenters. The fourth-order valence-electron chi connectivity index (χ4n) is 3.03. The largest absolute Gasteiger partial charge is 0.340 e. The van der Waals surface area contributed by atoms with Crippen LogP contribution in [0, 0.1) is 6.92 Å². The van der Waals surface area contributed by atoms with Crippen LogP contribution in [0.2, 0.25) is 0 Å². The van der Waals surface area contributed by atoms with E-state index in [0.717, 1.165) is 17.1 Å². The second kappa shape index (κ2) is 6.04. The number of benzene rings is 1. The summed E-state index contributed by atoms with van der Waals surface area (Å²) in [6, 6.07) is 11.0. The van der Waals surface area contributed by atoms with Crippen LogP contribution >= 0.6 is 0 Å². The molecule has 1 aliphatic heterocycles. The number of nitrogens with one attached hydrogen (secondary N) is 1. The van der Waals surface area contributed by atoms with E-state index in [-0.39, 0.29) is 11.9 Å². The predicted molar refractivity (Wildman–Crippen MR) is 92.1 cm³/mol. The number of hydrogen-bond donors (Lipinski definition) is 1. The van der Waals surface area contributed by atoms with Crippen LogP contribution in [0.25, 0.3) is 11.5 Å². The van der Waals surface area contributed by atoms with Crippen molar-refractivity contribution in [3.63, 3.8) is 0 Å². The third-order valence-corrected chi connectivity index (χ3v) is 4.21. The predicted octanol–water partition coefficient (Wildman–Crippen LogP) is 2.00. The molecular formula is C17H18N6O2. The molecule has 3 aromatic rings. The van der Waals surface area contributed by atoms with Gasteiger partial charge in [-0.25, -0.2) is 0 Å². The average molecular weight is 338 g/mol. The van der Waals surface area contributed by atoms with Gasteiger partial charge in [0.05, 0.1) is 5.69 Å². The molecule has 0 radical (unpaired) electrons. The van der Waals surface area contributed by atoms with Gasteiger partial charge in [-0.3, -0.25) is 14.4 Å². The molecule has 1 aliphatic rings. The van der Waals surface area contributed by atoms with E-state index >= 15 is 0 Å². The van der Waals surface area contributed by atoms with Crippen molar-refractivity contribution in [3.05, 3.63) is 42.1 Å². The lowest BCUT2D eigenvalue weighted by molar-refractivity contribution is -0.117. The summed E-state index contributed by atoms with van der Waals surface area (Å²) < 4.78 is 6.99. The van der Waals surface area contributed by atoms with Crippen molar-refractivity contribution in [3.8, 4) is 11.5 Å². The number of carbonyl (C=O) groups is 1. The minimum absolute atomic E-state index is 0.0194.